The highest BCUT2D eigenvalue weighted by molar-refractivity contribution is 6.35. The van der Waals surface area contributed by atoms with Gasteiger partial charge in [-0.05, 0) is 32.2 Å². The van der Waals surface area contributed by atoms with Gasteiger partial charge < -0.3 is 9.84 Å². The standard InChI is InChI=1S/C15H18Cl2N4O2/c1-4-13-19-14(23-20-13)8-21(3)9(2)15(22)18-12-7-10(16)5-6-11(12)17/h5-7,9H,4,8H2,1-3H3,(H,18,22). The third-order valence-electron chi connectivity index (χ3n) is 3.44. The van der Waals surface area contributed by atoms with E-state index in [2.05, 4.69) is 15.5 Å². The van der Waals surface area contributed by atoms with Crippen molar-refractivity contribution in [3.63, 3.8) is 0 Å². The first-order chi connectivity index (χ1) is 10.9. The summed E-state index contributed by atoms with van der Waals surface area (Å²) in [4.78, 5) is 18.4. The Morgan fingerprint density at radius 3 is 2.83 bits per heavy atom. The van der Waals surface area contributed by atoms with Crippen LogP contribution in [0.25, 0.3) is 0 Å². The number of halogens is 2. The van der Waals surface area contributed by atoms with Gasteiger partial charge in [0.1, 0.15) is 0 Å². The van der Waals surface area contributed by atoms with Crippen LogP contribution in [-0.2, 0) is 17.8 Å². The molecule has 1 aromatic heterocycles. The lowest BCUT2D eigenvalue weighted by Crippen LogP contribution is -2.39. The highest BCUT2D eigenvalue weighted by Crippen LogP contribution is 2.25. The second kappa shape index (κ2) is 7.77. The van der Waals surface area contributed by atoms with Crippen molar-refractivity contribution >= 4 is 34.8 Å². The quantitative estimate of drug-likeness (QED) is 0.858. The largest absolute Gasteiger partial charge is 0.338 e. The van der Waals surface area contributed by atoms with E-state index in [1.54, 1.807) is 37.1 Å². The molecule has 0 radical (unpaired) electrons. The Labute approximate surface area is 144 Å². The Hall–Kier alpha value is -1.63. The lowest BCUT2D eigenvalue weighted by molar-refractivity contribution is -0.120. The number of aromatic nitrogens is 2. The van der Waals surface area contributed by atoms with E-state index >= 15 is 0 Å². The SMILES string of the molecule is CCc1noc(CN(C)C(C)C(=O)Nc2cc(Cl)ccc2Cl)n1. The van der Waals surface area contributed by atoms with Gasteiger partial charge in [-0.3, -0.25) is 9.69 Å². The van der Waals surface area contributed by atoms with Crippen LogP contribution in [0.3, 0.4) is 0 Å². The maximum atomic E-state index is 12.3. The van der Waals surface area contributed by atoms with Crippen LogP contribution in [0.15, 0.2) is 22.7 Å². The van der Waals surface area contributed by atoms with Crippen LogP contribution < -0.4 is 5.32 Å². The number of anilines is 1. The number of hydrogen-bond acceptors (Lipinski definition) is 5. The second-order valence-corrected chi connectivity index (χ2v) is 6.01. The van der Waals surface area contributed by atoms with Crippen LogP contribution in [-0.4, -0.2) is 34.0 Å². The molecule has 0 saturated carbocycles. The molecule has 1 unspecified atom stereocenters. The summed E-state index contributed by atoms with van der Waals surface area (Å²) in [6.45, 7) is 4.11. The summed E-state index contributed by atoms with van der Waals surface area (Å²) in [5.41, 5.74) is 0.482. The van der Waals surface area contributed by atoms with E-state index in [-0.39, 0.29) is 5.91 Å². The summed E-state index contributed by atoms with van der Waals surface area (Å²) < 4.78 is 5.14. The van der Waals surface area contributed by atoms with Gasteiger partial charge in [-0.25, -0.2) is 0 Å². The average Bonchev–Trinajstić information content (AvgIpc) is 2.97. The minimum Gasteiger partial charge on any atom is -0.338 e. The van der Waals surface area contributed by atoms with E-state index < -0.39 is 6.04 Å². The van der Waals surface area contributed by atoms with Crippen molar-refractivity contribution < 1.29 is 9.32 Å². The Morgan fingerprint density at radius 1 is 1.43 bits per heavy atom. The number of aryl methyl sites for hydroxylation is 1. The van der Waals surface area contributed by atoms with Crippen molar-refractivity contribution in [2.24, 2.45) is 0 Å². The number of nitrogens with zero attached hydrogens (tertiary/aromatic N) is 3. The molecule has 1 aromatic carbocycles. The smallest absolute Gasteiger partial charge is 0.241 e. The fourth-order valence-electron chi connectivity index (χ4n) is 1.88. The van der Waals surface area contributed by atoms with Crippen molar-refractivity contribution in [3.05, 3.63) is 40.0 Å². The zero-order valence-corrected chi connectivity index (χ0v) is 14.6. The minimum absolute atomic E-state index is 0.202. The van der Waals surface area contributed by atoms with Gasteiger partial charge in [0.15, 0.2) is 5.82 Å². The summed E-state index contributed by atoms with van der Waals surface area (Å²) in [5.74, 6) is 0.924. The molecule has 0 fully saturated rings. The molecule has 1 atom stereocenters. The topological polar surface area (TPSA) is 71.3 Å². The van der Waals surface area contributed by atoms with Crippen LogP contribution in [0.1, 0.15) is 25.6 Å². The Bertz CT molecular complexity index is 690. The van der Waals surface area contributed by atoms with Crippen molar-refractivity contribution in [1.29, 1.82) is 0 Å². The first kappa shape index (κ1) is 17.7. The van der Waals surface area contributed by atoms with E-state index in [0.29, 0.717) is 40.4 Å². The van der Waals surface area contributed by atoms with Gasteiger partial charge in [0.2, 0.25) is 11.8 Å². The molecule has 0 aliphatic carbocycles. The third-order valence-corrected chi connectivity index (χ3v) is 4.00. The van der Waals surface area contributed by atoms with Crippen molar-refractivity contribution in [2.45, 2.75) is 32.9 Å². The highest BCUT2D eigenvalue weighted by atomic mass is 35.5. The molecule has 23 heavy (non-hydrogen) atoms. The average molecular weight is 357 g/mol. The first-order valence-corrected chi connectivity index (χ1v) is 7.94. The number of likely N-dealkylation sites (N-methyl/N-ethyl adjacent to an activating group) is 1. The summed E-state index contributed by atoms with van der Waals surface area (Å²) >= 11 is 12.0. The number of carbonyl (C=O) groups is 1. The van der Waals surface area contributed by atoms with Crippen LogP contribution in [0.5, 0.6) is 0 Å². The Kier molecular flexibility index (Phi) is 5.98. The Morgan fingerprint density at radius 2 is 2.17 bits per heavy atom. The van der Waals surface area contributed by atoms with Crippen LogP contribution in [0.4, 0.5) is 5.69 Å². The van der Waals surface area contributed by atoms with E-state index in [1.807, 2.05) is 6.92 Å². The second-order valence-electron chi connectivity index (χ2n) is 5.16. The molecular formula is C15H18Cl2N4O2. The molecule has 1 N–H and O–H groups in total. The molecule has 0 bridgehead atoms. The lowest BCUT2D eigenvalue weighted by Gasteiger charge is -2.22. The van der Waals surface area contributed by atoms with Crippen molar-refractivity contribution in [2.75, 3.05) is 12.4 Å². The molecule has 0 saturated heterocycles. The van der Waals surface area contributed by atoms with Gasteiger partial charge in [0.25, 0.3) is 0 Å². The van der Waals surface area contributed by atoms with Gasteiger partial charge in [0, 0.05) is 11.4 Å². The van der Waals surface area contributed by atoms with Crippen LogP contribution >= 0.6 is 23.2 Å². The van der Waals surface area contributed by atoms with E-state index in [1.165, 1.54) is 0 Å². The normalized spacial score (nSPS) is 12.4. The van der Waals surface area contributed by atoms with Crippen LogP contribution in [0, 0.1) is 0 Å². The maximum absolute atomic E-state index is 12.3. The molecule has 2 rings (SSSR count). The van der Waals surface area contributed by atoms with E-state index in [4.69, 9.17) is 27.7 Å². The minimum atomic E-state index is -0.415. The maximum Gasteiger partial charge on any atom is 0.241 e. The summed E-state index contributed by atoms with van der Waals surface area (Å²) in [6, 6.07) is 4.50. The highest BCUT2D eigenvalue weighted by Gasteiger charge is 2.21. The molecule has 0 aliphatic rings. The number of amides is 1. The molecule has 0 aliphatic heterocycles. The predicted octanol–water partition coefficient (Wildman–Crippen LogP) is 3.40. The zero-order valence-electron chi connectivity index (χ0n) is 13.1. The predicted molar refractivity (Wildman–Crippen MR) is 89.7 cm³/mol. The fourth-order valence-corrected chi connectivity index (χ4v) is 2.22. The van der Waals surface area contributed by atoms with E-state index in [9.17, 15) is 4.79 Å². The van der Waals surface area contributed by atoms with Gasteiger partial charge >= 0.3 is 0 Å². The molecular weight excluding hydrogens is 339 g/mol. The molecule has 1 heterocycles. The van der Waals surface area contributed by atoms with Gasteiger partial charge in [0.05, 0.1) is 23.3 Å². The fraction of sp³-hybridized carbons (Fsp3) is 0.400. The number of hydrogen-bond donors (Lipinski definition) is 1. The molecule has 124 valence electrons. The number of benzene rings is 1. The van der Waals surface area contributed by atoms with Gasteiger partial charge in [-0.1, -0.05) is 35.3 Å². The summed E-state index contributed by atoms with van der Waals surface area (Å²) in [6.07, 6.45) is 0.705. The molecule has 2 aromatic rings. The summed E-state index contributed by atoms with van der Waals surface area (Å²) in [7, 11) is 1.81. The number of carbonyl (C=O) groups excluding carboxylic acids is 1. The van der Waals surface area contributed by atoms with Gasteiger partial charge in [-0.15, -0.1) is 0 Å². The molecule has 1 amide bonds. The number of rotatable bonds is 6. The third kappa shape index (κ3) is 4.67. The number of nitrogens with one attached hydrogen (secondary N) is 1. The molecule has 8 heteroatoms. The van der Waals surface area contributed by atoms with Crippen molar-refractivity contribution in [3.8, 4) is 0 Å². The van der Waals surface area contributed by atoms with E-state index in [0.717, 1.165) is 0 Å². The van der Waals surface area contributed by atoms with Crippen molar-refractivity contribution in [1.82, 2.24) is 15.0 Å². The summed E-state index contributed by atoms with van der Waals surface area (Å²) in [5, 5.41) is 7.54. The van der Waals surface area contributed by atoms with Crippen LogP contribution in [0.2, 0.25) is 10.0 Å². The van der Waals surface area contributed by atoms with Gasteiger partial charge in [-0.2, -0.15) is 4.98 Å². The zero-order chi connectivity index (χ0) is 17.0. The first-order valence-electron chi connectivity index (χ1n) is 7.18. The molecule has 6 nitrogen and oxygen atoms in total. The Balaban J connectivity index is 1.99. The monoisotopic (exact) mass is 356 g/mol. The molecule has 0 spiro atoms. The lowest BCUT2D eigenvalue weighted by atomic mass is 10.2.